The first kappa shape index (κ1) is 12.0. The van der Waals surface area contributed by atoms with E-state index in [9.17, 15) is 0 Å². The van der Waals surface area contributed by atoms with Gasteiger partial charge in [0.15, 0.2) is 0 Å². The largest absolute Gasteiger partial charge is 0.396 e. The average molecular weight is 200 g/mol. The molecule has 2 N–H and O–H groups in total. The van der Waals surface area contributed by atoms with E-state index in [1.165, 1.54) is 25.9 Å². The van der Waals surface area contributed by atoms with Gasteiger partial charge in [0.25, 0.3) is 0 Å². The number of hydrogen-bond acceptors (Lipinski definition) is 3. The standard InChI is InChI=1S/C11H24N2O/c1-2-12-9-11-5-3-6-13(10-11)7-4-8-14/h11-12,14H,2-10H2,1H3. The highest BCUT2D eigenvalue weighted by Crippen LogP contribution is 2.15. The fraction of sp³-hybridized carbons (Fsp3) is 1.00. The van der Waals surface area contributed by atoms with Crippen molar-refractivity contribution in [2.45, 2.75) is 26.2 Å². The fourth-order valence-electron chi connectivity index (χ4n) is 2.16. The molecule has 14 heavy (non-hydrogen) atoms. The molecule has 0 aromatic carbocycles. The lowest BCUT2D eigenvalue weighted by Gasteiger charge is -2.32. The van der Waals surface area contributed by atoms with E-state index >= 15 is 0 Å². The third-order valence-electron chi connectivity index (χ3n) is 2.92. The van der Waals surface area contributed by atoms with Crippen LogP contribution in [-0.2, 0) is 0 Å². The van der Waals surface area contributed by atoms with E-state index < -0.39 is 0 Å². The molecule has 0 aromatic rings. The van der Waals surface area contributed by atoms with E-state index in [4.69, 9.17) is 5.11 Å². The number of aliphatic hydroxyl groups excluding tert-OH is 1. The molecule has 3 heteroatoms. The average Bonchev–Trinajstić information content (AvgIpc) is 2.24. The van der Waals surface area contributed by atoms with Crippen LogP contribution in [0.1, 0.15) is 26.2 Å². The van der Waals surface area contributed by atoms with Gasteiger partial charge in [0.05, 0.1) is 0 Å². The van der Waals surface area contributed by atoms with Crippen LogP contribution in [0.15, 0.2) is 0 Å². The van der Waals surface area contributed by atoms with Crippen LogP contribution >= 0.6 is 0 Å². The second kappa shape index (κ2) is 7.21. The molecule has 0 aliphatic carbocycles. The van der Waals surface area contributed by atoms with E-state index in [-0.39, 0.29) is 0 Å². The van der Waals surface area contributed by atoms with Crippen LogP contribution in [0.2, 0.25) is 0 Å². The van der Waals surface area contributed by atoms with Gasteiger partial charge in [-0.15, -0.1) is 0 Å². The third-order valence-corrected chi connectivity index (χ3v) is 2.92. The minimum atomic E-state index is 0.328. The number of nitrogens with zero attached hydrogens (tertiary/aromatic N) is 1. The van der Waals surface area contributed by atoms with Gasteiger partial charge in [-0.25, -0.2) is 0 Å². The maximum atomic E-state index is 8.77. The molecule has 1 atom stereocenters. The Kier molecular flexibility index (Phi) is 6.15. The second-order valence-corrected chi connectivity index (χ2v) is 4.19. The molecular formula is C11H24N2O. The lowest BCUT2D eigenvalue weighted by atomic mass is 9.98. The molecule has 0 bridgehead atoms. The molecule has 3 nitrogen and oxygen atoms in total. The molecule has 1 aliphatic heterocycles. The zero-order valence-electron chi connectivity index (χ0n) is 9.34. The van der Waals surface area contributed by atoms with E-state index in [0.29, 0.717) is 6.61 Å². The third kappa shape index (κ3) is 4.40. The van der Waals surface area contributed by atoms with Crippen molar-refractivity contribution in [2.75, 3.05) is 39.3 Å². The van der Waals surface area contributed by atoms with Gasteiger partial charge < -0.3 is 15.3 Å². The van der Waals surface area contributed by atoms with Gasteiger partial charge in [-0.1, -0.05) is 6.92 Å². The van der Waals surface area contributed by atoms with Crippen LogP contribution in [0.4, 0.5) is 0 Å². The lowest BCUT2D eigenvalue weighted by molar-refractivity contribution is 0.157. The number of piperidine rings is 1. The first-order chi connectivity index (χ1) is 6.86. The molecule has 84 valence electrons. The Morgan fingerprint density at radius 2 is 2.36 bits per heavy atom. The second-order valence-electron chi connectivity index (χ2n) is 4.19. The Balaban J connectivity index is 2.14. The molecule has 1 fully saturated rings. The van der Waals surface area contributed by atoms with Crippen molar-refractivity contribution in [1.29, 1.82) is 0 Å². The monoisotopic (exact) mass is 200 g/mol. The summed E-state index contributed by atoms with van der Waals surface area (Å²) in [4.78, 5) is 2.49. The summed E-state index contributed by atoms with van der Waals surface area (Å²) in [6.45, 7) is 8.23. The van der Waals surface area contributed by atoms with E-state index in [0.717, 1.165) is 32.0 Å². The maximum Gasteiger partial charge on any atom is 0.0443 e. The van der Waals surface area contributed by atoms with Crippen molar-refractivity contribution in [3.8, 4) is 0 Å². The number of rotatable bonds is 6. The van der Waals surface area contributed by atoms with Crippen molar-refractivity contribution in [3.63, 3.8) is 0 Å². The summed E-state index contributed by atoms with van der Waals surface area (Å²) in [7, 11) is 0. The van der Waals surface area contributed by atoms with Gasteiger partial charge in [-0.2, -0.15) is 0 Å². The maximum absolute atomic E-state index is 8.77. The summed E-state index contributed by atoms with van der Waals surface area (Å²) >= 11 is 0. The highest BCUT2D eigenvalue weighted by Gasteiger charge is 2.18. The Labute approximate surface area is 87.5 Å². The first-order valence-corrected chi connectivity index (χ1v) is 5.90. The number of likely N-dealkylation sites (tertiary alicyclic amines) is 1. The van der Waals surface area contributed by atoms with Gasteiger partial charge in [-0.05, 0) is 44.8 Å². The molecule has 0 spiro atoms. The minimum Gasteiger partial charge on any atom is -0.396 e. The van der Waals surface area contributed by atoms with Crippen LogP contribution in [0.5, 0.6) is 0 Å². The van der Waals surface area contributed by atoms with Crippen LogP contribution in [0.25, 0.3) is 0 Å². The highest BCUT2D eigenvalue weighted by atomic mass is 16.3. The Bertz CT molecular complexity index is 127. The van der Waals surface area contributed by atoms with Gasteiger partial charge in [-0.3, -0.25) is 0 Å². The zero-order chi connectivity index (χ0) is 10.2. The first-order valence-electron chi connectivity index (χ1n) is 5.90. The van der Waals surface area contributed by atoms with E-state index in [2.05, 4.69) is 17.1 Å². The van der Waals surface area contributed by atoms with Crippen LogP contribution in [0, 0.1) is 5.92 Å². The predicted molar refractivity (Wildman–Crippen MR) is 59.4 cm³/mol. The molecular weight excluding hydrogens is 176 g/mol. The van der Waals surface area contributed by atoms with E-state index in [1.54, 1.807) is 0 Å². The Morgan fingerprint density at radius 3 is 3.07 bits per heavy atom. The summed E-state index contributed by atoms with van der Waals surface area (Å²) in [5, 5.41) is 12.2. The van der Waals surface area contributed by atoms with Crippen molar-refractivity contribution in [3.05, 3.63) is 0 Å². The van der Waals surface area contributed by atoms with Gasteiger partial charge >= 0.3 is 0 Å². The molecule has 0 radical (unpaired) electrons. The number of hydrogen-bond donors (Lipinski definition) is 2. The summed E-state index contributed by atoms with van der Waals surface area (Å²) in [5.74, 6) is 0.822. The summed E-state index contributed by atoms with van der Waals surface area (Å²) in [5.41, 5.74) is 0. The summed E-state index contributed by atoms with van der Waals surface area (Å²) in [6, 6.07) is 0. The molecule has 0 saturated carbocycles. The van der Waals surface area contributed by atoms with Crippen molar-refractivity contribution >= 4 is 0 Å². The highest BCUT2D eigenvalue weighted by molar-refractivity contribution is 4.74. The summed E-state index contributed by atoms with van der Waals surface area (Å²) in [6.07, 6.45) is 3.61. The van der Waals surface area contributed by atoms with Crippen molar-refractivity contribution in [2.24, 2.45) is 5.92 Å². The van der Waals surface area contributed by atoms with Crippen molar-refractivity contribution < 1.29 is 5.11 Å². The Morgan fingerprint density at radius 1 is 1.50 bits per heavy atom. The topological polar surface area (TPSA) is 35.5 Å². The van der Waals surface area contributed by atoms with Crippen LogP contribution < -0.4 is 5.32 Å². The molecule has 1 saturated heterocycles. The minimum absolute atomic E-state index is 0.328. The molecule has 1 heterocycles. The van der Waals surface area contributed by atoms with E-state index in [1.807, 2.05) is 0 Å². The lowest BCUT2D eigenvalue weighted by Crippen LogP contribution is -2.40. The number of aliphatic hydroxyl groups is 1. The Hall–Kier alpha value is -0.120. The molecule has 0 aromatic heterocycles. The quantitative estimate of drug-likeness (QED) is 0.662. The SMILES string of the molecule is CCNCC1CCCN(CCCO)C1. The molecule has 1 rings (SSSR count). The van der Waals surface area contributed by atoms with Gasteiger partial charge in [0.1, 0.15) is 0 Å². The fourth-order valence-corrected chi connectivity index (χ4v) is 2.16. The number of nitrogens with one attached hydrogen (secondary N) is 1. The molecule has 0 amide bonds. The summed E-state index contributed by atoms with van der Waals surface area (Å²) < 4.78 is 0. The van der Waals surface area contributed by atoms with Crippen LogP contribution in [0.3, 0.4) is 0 Å². The predicted octanol–water partition coefficient (Wildman–Crippen LogP) is 0.690. The van der Waals surface area contributed by atoms with Crippen LogP contribution in [-0.4, -0.2) is 49.3 Å². The van der Waals surface area contributed by atoms with Crippen molar-refractivity contribution in [1.82, 2.24) is 10.2 Å². The molecule has 1 aliphatic rings. The van der Waals surface area contributed by atoms with Gasteiger partial charge in [0, 0.05) is 19.7 Å². The smallest absolute Gasteiger partial charge is 0.0443 e. The molecule has 1 unspecified atom stereocenters. The normalized spacial score (nSPS) is 24.0. The zero-order valence-corrected chi connectivity index (χ0v) is 9.34. The van der Waals surface area contributed by atoms with Gasteiger partial charge in [0.2, 0.25) is 0 Å².